The highest BCUT2D eigenvalue weighted by Gasteiger charge is 2.45. The van der Waals surface area contributed by atoms with Crippen molar-refractivity contribution in [3.63, 3.8) is 0 Å². The third kappa shape index (κ3) is 7.68. The number of alkyl halides is 3. The SMILES string of the molecule is Cc1c(CC[C@H]2CCC[C@@H](c3ccc(C(F)(F)F)cc3)O2)ncnc1C(=O)N1CCC(N2C[C@H]3CC(N(C)S(C)(=O)=O)C[C@H]3C2)CC1. The molecule has 1 aromatic heterocycles. The summed E-state index contributed by atoms with van der Waals surface area (Å²) in [7, 11) is -1.48. The summed E-state index contributed by atoms with van der Waals surface area (Å²) in [5.74, 6) is 0.993. The van der Waals surface area contributed by atoms with Gasteiger partial charge < -0.3 is 9.64 Å². The standard InChI is InChI=1S/C34H46F3N5O4S/c1-22-30(12-11-29-5-4-6-31(46-29)23-7-9-26(10-8-23)34(35,36)37)38-21-39-32(22)33(43)41-15-13-27(14-16-41)42-19-24-17-28(18-25(24)20-42)40(2)47(3,44)45/h7-10,21,24-25,27-29,31H,4-6,11-20H2,1-3H3/t24-,25+,28?,29-,31+/m1/s1. The van der Waals surface area contributed by atoms with Crippen molar-refractivity contribution in [3.8, 4) is 0 Å². The number of hydrogen-bond acceptors (Lipinski definition) is 7. The Morgan fingerprint density at radius 1 is 1.02 bits per heavy atom. The molecule has 1 aliphatic carbocycles. The molecule has 1 unspecified atom stereocenters. The average molecular weight is 678 g/mol. The molecule has 258 valence electrons. The van der Waals surface area contributed by atoms with E-state index in [0.717, 1.165) is 87.0 Å². The van der Waals surface area contributed by atoms with E-state index in [4.69, 9.17) is 4.74 Å². The molecule has 4 heterocycles. The second-order valence-electron chi connectivity index (χ2n) is 14.0. The van der Waals surface area contributed by atoms with Gasteiger partial charge in [0.05, 0.1) is 24.0 Å². The zero-order chi connectivity index (χ0) is 33.5. The summed E-state index contributed by atoms with van der Waals surface area (Å²) in [6.07, 6.45) is 5.68. The van der Waals surface area contributed by atoms with Crippen LogP contribution >= 0.6 is 0 Å². The molecule has 1 saturated carbocycles. The molecule has 6 rings (SSSR count). The molecule has 5 atom stereocenters. The monoisotopic (exact) mass is 677 g/mol. The Labute approximate surface area is 275 Å². The van der Waals surface area contributed by atoms with Crippen LogP contribution in [-0.4, -0.2) is 96.1 Å². The van der Waals surface area contributed by atoms with E-state index in [1.165, 1.54) is 24.7 Å². The third-order valence-corrected chi connectivity index (χ3v) is 12.5. The van der Waals surface area contributed by atoms with E-state index < -0.39 is 21.8 Å². The van der Waals surface area contributed by atoms with Crippen molar-refractivity contribution in [1.82, 2.24) is 24.1 Å². The molecule has 3 aliphatic heterocycles. The average Bonchev–Trinajstić information content (AvgIpc) is 3.63. The van der Waals surface area contributed by atoms with Gasteiger partial charge in [0.25, 0.3) is 5.91 Å². The molecule has 9 nitrogen and oxygen atoms in total. The molecule has 13 heteroatoms. The van der Waals surface area contributed by atoms with Gasteiger partial charge in [-0.15, -0.1) is 0 Å². The Balaban J connectivity index is 0.987. The molecule has 4 fully saturated rings. The fraction of sp³-hybridized carbons (Fsp3) is 0.676. The number of nitrogens with zero attached hydrogens (tertiary/aromatic N) is 5. The molecule has 47 heavy (non-hydrogen) atoms. The van der Waals surface area contributed by atoms with Gasteiger partial charge in [0.2, 0.25) is 10.0 Å². The molecular formula is C34H46F3N5O4S. The number of halogens is 3. The highest BCUT2D eigenvalue weighted by Crippen LogP contribution is 2.42. The molecule has 1 amide bonds. The first-order chi connectivity index (χ1) is 22.3. The largest absolute Gasteiger partial charge is 0.416 e. The van der Waals surface area contributed by atoms with E-state index in [2.05, 4.69) is 14.9 Å². The summed E-state index contributed by atoms with van der Waals surface area (Å²) in [5.41, 5.74) is 2.15. The fourth-order valence-electron chi connectivity index (χ4n) is 8.25. The molecule has 0 N–H and O–H groups in total. The predicted octanol–water partition coefficient (Wildman–Crippen LogP) is 5.25. The van der Waals surface area contributed by atoms with Crippen LogP contribution in [0.2, 0.25) is 0 Å². The van der Waals surface area contributed by atoms with Crippen LogP contribution in [0.5, 0.6) is 0 Å². The van der Waals surface area contributed by atoms with Gasteiger partial charge in [-0.25, -0.2) is 22.7 Å². The van der Waals surface area contributed by atoms with E-state index in [-0.39, 0.29) is 24.2 Å². The van der Waals surface area contributed by atoms with E-state index in [1.807, 2.05) is 11.8 Å². The van der Waals surface area contributed by atoms with Crippen molar-refractivity contribution >= 4 is 15.9 Å². The first-order valence-corrected chi connectivity index (χ1v) is 18.7. The van der Waals surface area contributed by atoms with Gasteiger partial charge in [-0.2, -0.15) is 13.2 Å². The summed E-state index contributed by atoms with van der Waals surface area (Å²) >= 11 is 0. The van der Waals surface area contributed by atoms with Crippen LogP contribution in [0.1, 0.15) is 90.3 Å². The molecule has 4 aliphatic rings. The second-order valence-corrected chi connectivity index (χ2v) is 16.1. The fourth-order valence-corrected chi connectivity index (χ4v) is 8.96. The Bertz CT molecular complexity index is 1520. The van der Waals surface area contributed by atoms with Crippen molar-refractivity contribution in [1.29, 1.82) is 0 Å². The zero-order valence-electron chi connectivity index (χ0n) is 27.5. The first kappa shape index (κ1) is 34.3. The van der Waals surface area contributed by atoms with Crippen molar-refractivity contribution in [3.05, 3.63) is 58.7 Å². The van der Waals surface area contributed by atoms with Crippen molar-refractivity contribution in [2.45, 2.75) is 95.2 Å². The summed E-state index contributed by atoms with van der Waals surface area (Å²) in [6.45, 7) is 5.26. The Hall–Kier alpha value is -2.61. The number of ether oxygens (including phenoxy) is 1. The number of benzene rings is 1. The normalized spacial score (nSPS) is 27.8. The Kier molecular flexibility index (Phi) is 10.00. The number of hydrogen-bond donors (Lipinski definition) is 0. The number of fused-ring (bicyclic) bond motifs is 1. The number of carbonyl (C=O) groups excluding carboxylic acids is 1. The Morgan fingerprint density at radius 3 is 2.30 bits per heavy atom. The van der Waals surface area contributed by atoms with E-state index in [9.17, 15) is 26.4 Å². The van der Waals surface area contributed by atoms with Crippen LogP contribution in [0, 0.1) is 18.8 Å². The first-order valence-electron chi connectivity index (χ1n) is 16.9. The van der Waals surface area contributed by atoms with Crippen LogP contribution in [-0.2, 0) is 27.4 Å². The van der Waals surface area contributed by atoms with Gasteiger partial charge in [-0.3, -0.25) is 9.69 Å². The lowest BCUT2D eigenvalue weighted by Crippen LogP contribution is -2.47. The minimum Gasteiger partial charge on any atom is -0.370 e. The Morgan fingerprint density at radius 2 is 1.68 bits per heavy atom. The van der Waals surface area contributed by atoms with E-state index in [0.29, 0.717) is 49.5 Å². The van der Waals surface area contributed by atoms with Crippen LogP contribution in [0.3, 0.4) is 0 Å². The van der Waals surface area contributed by atoms with Crippen molar-refractivity contribution < 1.29 is 31.1 Å². The van der Waals surface area contributed by atoms with Gasteiger partial charge in [-0.1, -0.05) is 12.1 Å². The summed E-state index contributed by atoms with van der Waals surface area (Å²) in [4.78, 5) is 27.0. The number of aryl methyl sites for hydroxylation is 1. The summed E-state index contributed by atoms with van der Waals surface area (Å²) < 4.78 is 70.8. The number of carbonyl (C=O) groups is 1. The van der Waals surface area contributed by atoms with E-state index >= 15 is 0 Å². The predicted molar refractivity (Wildman–Crippen MR) is 171 cm³/mol. The lowest BCUT2D eigenvalue weighted by molar-refractivity contribution is -0.137. The van der Waals surface area contributed by atoms with Crippen LogP contribution in [0.4, 0.5) is 13.2 Å². The third-order valence-electron chi connectivity index (χ3n) is 11.1. The highest BCUT2D eigenvalue weighted by atomic mass is 32.2. The highest BCUT2D eigenvalue weighted by molar-refractivity contribution is 7.88. The van der Waals surface area contributed by atoms with E-state index in [1.54, 1.807) is 11.4 Å². The second kappa shape index (κ2) is 13.7. The maximum absolute atomic E-state index is 13.6. The number of rotatable bonds is 8. The number of amides is 1. The van der Waals surface area contributed by atoms with Crippen LogP contribution in [0.15, 0.2) is 30.6 Å². The molecule has 0 spiro atoms. The smallest absolute Gasteiger partial charge is 0.370 e. The molecule has 2 aromatic rings. The molecular weight excluding hydrogens is 631 g/mol. The number of piperidine rings is 1. The van der Waals surface area contributed by atoms with Gasteiger partial charge in [0.1, 0.15) is 12.0 Å². The minimum atomic E-state index is -4.36. The number of likely N-dealkylation sites (tertiary alicyclic amines) is 2. The molecule has 0 radical (unpaired) electrons. The molecule has 1 aromatic carbocycles. The summed E-state index contributed by atoms with van der Waals surface area (Å²) in [5, 5.41) is 0. The van der Waals surface area contributed by atoms with Gasteiger partial charge in [-0.05, 0) is 94.2 Å². The van der Waals surface area contributed by atoms with Crippen molar-refractivity contribution in [2.24, 2.45) is 11.8 Å². The lowest BCUT2D eigenvalue weighted by Gasteiger charge is -2.37. The maximum atomic E-state index is 13.6. The quantitative estimate of drug-likeness (QED) is 0.377. The van der Waals surface area contributed by atoms with Gasteiger partial charge in [0.15, 0.2) is 0 Å². The molecule has 3 saturated heterocycles. The van der Waals surface area contributed by atoms with Gasteiger partial charge >= 0.3 is 6.18 Å². The number of sulfonamides is 1. The van der Waals surface area contributed by atoms with Crippen LogP contribution in [0.25, 0.3) is 0 Å². The topological polar surface area (TPSA) is 95.9 Å². The van der Waals surface area contributed by atoms with Gasteiger partial charge in [0, 0.05) is 56.6 Å². The summed E-state index contributed by atoms with van der Waals surface area (Å²) in [6, 6.07) is 5.78. The lowest BCUT2D eigenvalue weighted by atomic mass is 9.95. The van der Waals surface area contributed by atoms with Crippen LogP contribution < -0.4 is 0 Å². The minimum absolute atomic E-state index is 0.0415. The molecule has 0 bridgehead atoms. The maximum Gasteiger partial charge on any atom is 0.416 e. The zero-order valence-corrected chi connectivity index (χ0v) is 28.3. The van der Waals surface area contributed by atoms with Crippen molar-refractivity contribution in [2.75, 3.05) is 39.5 Å². The number of aromatic nitrogens is 2.